The lowest BCUT2D eigenvalue weighted by atomic mass is 10.1. The number of nitrogens with zero attached hydrogens (tertiary/aromatic N) is 3. The first-order valence-electron chi connectivity index (χ1n) is 9.17. The number of hydrogen-bond donors (Lipinski definition) is 0. The summed E-state index contributed by atoms with van der Waals surface area (Å²) in [5.41, 5.74) is 2.10. The molecule has 1 fully saturated rings. The van der Waals surface area contributed by atoms with E-state index in [0.29, 0.717) is 12.6 Å². The third-order valence-electron chi connectivity index (χ3n) is 4.48. The molecule has 0 spiro atoms. The molecule has 0 radical (unpaired) electrons. The number of allylic oxidation sites excluding steroid dienone is 1. The van der Waals surface area contributed by atoms with Crippen molar-refractivity contribution < 1.29 is 9.53 Å². The molecular weight excluding hydrogens is 314 g/mol. The number of likely N-dealkylation sites (tertiary alicyclic amines) is 1. The second-order valence-electron chi connectivity index (χ2n) is 7.26. The Hall–Kier alpha value is -1.88. The Morgan fingerprint density at radius 1 is 1.48 bits per heavy atom. The van der Waals surface area contributed by atoms with E-state index in [1.54, 1.807) is 6.20 Å². The second-order valence-corrected chi connectivity index (χ2v) is 7.26. The molecule has 5 heteroatoms. The number of ether oxygens (including phenoxy) is 1. The predicted molar refractivity (Wildman–Crippen MR) is 99.9 cm³/mol. The van der Waals surface area contributed by atoms with Gasteiger partial charge in [0.15, 0.2) is 0 Å². The van der Waals surface area contributed by atoms with Crippen LogP contribution >= 0.6 is 0 Å². The van der Waals surface area contributed by atoms with Gasteiger partial charge in [-0.25, -0.2) is 4.79 Å². The van der Waals surface area contributed by atoms with E-state index in [1.165, 1.54) is 0 Å². The van der Waals surface area contributed by atoms with Crippen molar-refractivity contribution in [2.45, 2.75) is 45.6 Å². The quantitative estimate of drug-likeness (QED) is 0.508. The van der Waals surface area contributed by atoms with E-state index in [9.17, 15) is 4.79 Å². The lowest BCUT2D eigenvalue weighted by Gasteiger charge is -2.28. The maximum absolute atomic E-state index is 12.5. The van der Waals surface area contributed by atoms with E-state index < -0.39 is 0 Å². The fourth-order valence-corrected chi connectivity index (χ4v) is 3.16. The van der Waals surface area contributed by atoms with Crippen molar-refractivity contribution in [2.24, 2.45) is 5.92 Å². The summed E-state index contributed by atoms with van der Waals surface area (Å²) in [4.78, 5) is 20.9. The van der Waals surface area contributed by atoms with Gasteiger partial charge in [0.1, 0.15) is 12.8 Å². The van der Waals surface area contributed by atoms with Crippen LogP contribution in [0.3, 0.4) is 0 Å². The number of hydrogen-bond acceptors (Lipinski definition) is 5. The average molecular weight is 345 g/mol. The van der Waals surface area contributed by atoms with Crippen molar-refractivity contribution in [3.8, 4) is 0 Å². The van der Waals surface area contributed by atoms with Crippen LogP contribution in [0.1, 0.15) is 38.8 Å². The van der Waals surface area contributed by atoms with Crippen LogP contribution in [0, 0.1) is 5.92 Å². The van der Waals surface area contributed by atoms with Gasteiger partial charge in [0.25, 0.3) is 0 Å². The largest absolute Gasteiger partial charge is 0.448 e. The minimum absolute atomic E-state index is 0.132. The summed E-state index contributed by atoms with van der Waals surface area (Å²) in [7, 11) is 1.96. The minimum atomic E-state index is -0.171. The van der Waals surface area contributed by atoms with E-state index in [1.807, 2.05) is 30.1 Å². The van der Waals surface area contributed by atoms with Gasteiger partial charge in [-0.05, 0) is 44.4 Å². The van der Waals surface area contributed by atoms with Gasteiger partial charge < -0.3 is 9.64 Å². The Balaban J connectivity index is 1.75. The second kappa shape index (κ2) is 9.56. The van der Waals surface area contributed by atoms with Crippen LogP contribution < -0.4 is 0 Å². The van der Waals surface area contributed by atoms with Gasteiger partial charge in [-0.3, -0.25) is 9.88 Å². The third kappa shape index (κ3) is 6.16. The lowest BCUT2D eigenvalue weighted by Crippen LogP contribution is -2.38. The third-order valence-corrected chi connectivity index (χ3v) is 4.48. The molecule has 1 saturated heterocycles. The van der Waals surface area contributed by atoms with Gasteiger partial charge in [0, 0.05) is 37.1 Å². The van der Waals surface area contributed by atoms with Crippen LogP contribution in [0.25, 0.3) is 0 Å². The Bertz CT molecular complexity index is 559. The molecule has 0 saturated carbocycles. The molecule has 0 aromatic carbocycles. The zero-order chi connectivity index (χ0) is 18.2. The molecule has 0 bridgehead atoms. The van der Waals surface area contributed by atoms with E-state index >= 15 is 0 Å². The highest BCUT2D eigenvalue weighted by Gasteiger charge is 2.32. The van der Waals surface area contributed by atoms with Gasteiger partial charge in [0.05, 0.1) is 0 Å². The summed E-state index contributed by atoms with van der Waals surface area (Å²) in [6, 6.07) is 5.74. The molecule has 138 valence electrons. The number of esters is 1. The molecule has 25 heavy (non-hydrogen) atoms. The number of likely N-dealkylation sites (N-methyl/N-ethyl adjacent to an activating group) is 1. The summed E-state index contributed by atoms with van der Waals surface area (Å²) in [6.45, 7) is 10.5. The highest BCUT2D eigenvalue weighted by atomic mass is 16.5. The monoisotopic (exact) mass is 345 g/mol. The molecule has 0 N–H and O–H groups in total. The summed E-state index contributed by atoms with van der Waals surface area (Å²) in [6.07, 6.45) is 5.44. The number of carbonyl (C=O) groups excluding carboxylic acids is 1. The number of aromatic nitrogens is 1. The standard InChI is InChI=1S/C20H31N3O2/c1-16(2)14-17(3)23-12-7-9-19(23)20(24)25-15-22(4)13-10-18-8-5-6-11-21-18/h5-6,8,11,16,19H,3,7,9-10,12-15H2,1-2,4H3. The smallest absolute Gasteiger partial charge is 0.330 e. The van der Waals surface area contributed by atoms with Crippen molar-refractivity contribution in [1.82, 2.24) is 14.8 Å². The fourth-order valence-electron chi connectivity index (χ4n) is 3.16. The van der Waals surface area contributed by atoms with Crippen molar-refractivity contribution in [1.29, 1.82) is 0 Å². The van der Waals surface area contributed by atoms with Crippen molar-refractivity contribution in [3.05, 3.63) is 42.4 Å². The maximum atomic E-state index is 12.5. The number of carbonyl (C=O) groups is 1. The molecular formula is C20H31N3O2. The normalized spacial score (nSPS) is 17.3. The molecule has 1 unspecified atom stereocenters. The number of pyridine rings is 1. The Kier molecular flexibility index (Phi) is 7.44. The van der Waals surface area contributed by atoms with Crippen molar-refractivity contribution in [2.75, 3.05) is 26.9 Å². The molecule has 1 aliphatic rings. The molecule has 0 amide bonds. The van der Waals surface area contributed by atoms with Crippen LogP contribution in [0.4, 0.5) is 0 Å². The van der Waals surface area contributed by atoms with Gasteiger partial charge in [-0.15, -0.1) is 0 Å². The molecule has 5 nitrogen and oxygen atoms in total. The minimum Gasteiger partial charge on any atom is -0.448 e. The van der Waals surface area contributed by atoms with Crippen molar-refractivity contribution in [3.63, 3.8) is 0 Å². The predicted octanol–water partition coefficient (Wildman–Crippen LogP) is 3.08. The van der Waals surface area contributed by atoms with Crippen LogP contribution in [0.2, 0.25) is 0 Å². The van der Waals surface area contributed by atoms with E-state index in [2.05, 4.69) is 30.3 Å². The Morgan fingerprint density at radius 3 is 2.96 bits per heavy atom. The van der Waals surface area contributed by atoms with Gasteiger partial charge >= 0.3 is 5.97 Å². The SMILES string of the molecule is C=C(CC(C)C)N1CCCC1C(=O)OCN(C)CCc1ccccn1. The molecule has 1 aromatic heterocycles. The topological polar surface area (TPSA) is 45.7 Å². The first kappa shape index (κ1) is 19.4. The average Bonchev–Trinajstić information content (AvgIpc) is 3.08. The highest BCUT2D eigenvalue weighted by Crippen LogP contribution is 2.25. The summed E-state index contributed by atoms with van der Waals surface area (Å²) in [5, 5.41) is 0. The number of rotatable bonds is 9. The van der Waals surface area contributed by atoms with Crippen LogP contribution in [-0.2, 0) is 16.0 Å². The molecule has 1 aromatic rings. The van der Waals surface area contributed by atoms with E-state index in [0.717, 1.165) is 50.2 Å². The molecule has 2 heterocycles. The Morgan fingerprint density at radius 2 is 2.28 bits per heavy atom. The van der Waals surface area contributed by atoms with Gasteiger partial charge in [-0.2, -0.15) is 0 Å². The molecule has 0 aliphatic carbocycles. The zero-order valence-electron chi connectivity index (χ0n) is 15.8. The summed E-state index contributed by atoms with van der Waals surface area (Å²) in [5.74, 6) is 0.412. The van der Waals surface area contributed by atoms with Gasteiger partial charge in [0.2, 0.25) is 0 Å². The molecule has 2 rings (SSSR count). The lowest BCUT2D eigenvalue weighted by molar-refractivity contribution is -0.152. The van der Waals surface area contributed by atoms with Gasteiger partial charge in [-0.1, -0.05) is 26.5 Å². The first-order valence-corrected chi connectivity index (χ1v) is 9.17. The van der Waals surface area contributed by atoms with Crippen LogP contribution in [0.15, 0.2) is 36.7 Å². The Labute approximate surface area is 151 Å². The maximum Gasteiger partial charge on any atom is 0.330 e. The van der Waals surface area contributed by atoms with E-state index in [-0.39, 0.29) is 12.0 Å². The fraction of sp³-hybridized carbons (Fsp3) is 0.600. The highest BCUT2D eigenvalue weighted by molar-refractivity contribution is 5.76. The first-order chi connectivity index (χ1) is 12.0. The molecule has 1 aliphatic heterocycles. The molecule has 1 atom stereocenters. The zero-order valence-corrected chi connectivity index (χ0v) is 15.8. The summed E-state index contributed by atoms with van der Waals surface area (Å²) >= 11 is 0. The van der Waals surface area contributed by atoms with E-state index in [4.69, 9.17) is 4.74 Å². The van der Waals surface area contributed by atoms with Crippen molar-refractivity contribution >= 4 is 5.97 Å². The van der Waals surface area contributed by atoms with Crippen LogP contribution in [0.5, 0.6) is 0 Å². The summed E-state index contributed by atoms with van der Waals surface area (Å²) < 4.78 is 5.55. The van der Waals surface area contributed by atoms with Crippen LogP contribution in [-0.4, -0.2) is 53.7 Å².